The zero-order chi connectivity index (χ0) is 10.9. The van der Waals surface area contributed by atoms with E-state index in [9.17, 15) is 4.79 Å². The lowest BCUT2D eigenvalue weighted by atomic mass is 9.97. The number of hydrogen-bond acceptors (Lipinski definition) is 2. The summed E-state index contributed by atoms with van der Waals surface area (Å²) in [6.07, 6.45) is 0. The first-order valence-corrected chi connectivity index (χ1v) is 4.49. The van der Waals surface area contributed by atoms with Crippen LogP contribution in [-0.2, 0) is 4.79 Å². The second-order valence-corrected chi connectivity index (χ2v) is 3.60. The molecule has 1 unspecified atom stereocenters. The standard InChI is InChI=1S/C11H15NO2/c1-6-4-9(10(12)11(13)14)5-7(2)8(6)3/h4-5,10H,12H2,1-3H3,(H,13,14). The van der Waals surface area contributed by atoms with Crippen molar-refractivity contribution < 1.29 is 9.90 Å². The molecule has 1 aromatic carbocycles. The van der Waals surface area contributed by atoms with E-state index >= 15 is 0 Å². The monoisotopic (exact) mass is 193 g/mol. The summed E-state index contributed by atoms with van der Waals surface area (Å²) in [7, 11) is 0. The molecule has 1 atom stereocenters. The van der Waals surface area contributed by atoms with Gasteiger partial charge in [-0.05, 0) is 43.0 Å². The van der Waals surface area contributed by atoms with Gasteiger partial charge < -0.3 is 10.8 Å². The van der Waals surface area contributed by atoms with Crippen molar-refractivity contribution >= 4 is 5.97 Å². The van der Waals surface area contributed by atoms with Gasteiger partial charge in [0, 0.05) is 0 Å². The fourth-order valence-electron chi connectivity index (χ4n) is 1.39. The van der Waals surface area contributed by atoms with E-state index in [1.165, 1.54) is 5.56 Å². The maximum Gasteiger partial charge on any atom is 0.325 e. The highest BCUT2D eigenvalue weighted by Crippen LogP contribution is 2.19. The molecule has 1 aromatic rings. The maximum absolute atomic E-state index is 10.7. The summed E-state index contributed by atoms with van der Waals surface area (Å²) in [5.74, 6) is -0.993. The average molecular weight is 193 g/mol. The molecular formula is C11H15NO2. The highest BCUT2D eigenvalue weighted by Gasteiger charge is 2.15. The van der Waals surface area contributed by atoms with E-state index in [0.717, 1.165) is 11.1 Å². The van der Waals surface area contributed by atoms with Crippen molar-refractivity contribution in [3.63, 3.8) is 0 Å². The molecule has 0 fully saturated rings. The zero-order valence-corrected chi connectivity index (χ0v) is 8.66. The molecule has 0 spiro atoms. The molecule has 3 N–H and O–H groups in total. The number of rotatable bonds is 2. The van der Waals surface area contributed by atoms with Crippen molar-refractivity contribution in [1.82, 2.24) is 0 Å². The quantitative estimate of drug-likeness (QED) is 0.751. The van der Waals surface area contributed by atoms with Crippen molar-refractivity contribution in [2.24, 2.45) is 5.73 Å². The van der Waals surface area contributed by atoms with Crippen LogP contribution < -0.4 is 5.73 Å². The molecule has 0 aliphatic carbocycles. The third-order valence-electron chi connectivity index (χ3n) is 2.57. The SMILES string of the molecule is Cc1cc(C(N)C(=O)O)cc(C)c1C. The Morgan fingerprint density at radius 1 is 1.29 bits per heavy atom. The van der Waals surface area contributed by atoms with Crippen molar-refractivity contribution in [3.8, 4) is 0 Å². The number of benzene rings is 1. The molecule has 0 heterocycles. The number of aliphatic carboxylic acids is 1. The molecule has 3 nitrogen and oxygen atoms in total. The van der Waals surface area contributed by atoms with E-state index in [1.807, 2.05) is 32.9 Å². The van der Waals surface area contributed by atoms with E-state index in [-0.39, 0.29) is 0 Å². The van der Waals surface area contributed by atoms with Gasteiger partial charge in [-0.25, -0.2) is 0 Å². The Morgan fingerprint density at radius 3 is 2.07 bits per heavy atom. The van der Waals surface area contributed by atoms with Gasteiger partial charge >= 0.3 is 5.97 Å². The summed E-state index contributed by atoms with van der Waals surface area (Å²) in [6.45, 7) is 5.93. The second kappa shape index (κ2) is 3.80. The zero-order valence-electron chi connectivity index (χ0n) is 8.66. The van der Waals surface area contributed by atoms with E-state index < -0.39 is 12.0 Å². The fourth-order valence-corrected chi connectivity index (χ4v) is 1.39. The Morgan fingerprint density at radius 2 is 1.71 bits per heavy atom. The number of aryl methyl sites for hydroxylation is 2. The van der Waals surface area contributed by atoms with Gasteiger partial charge in [0.25, 0.3) is 0 Å². The summed E-state index contributed by atoms with van der Waals surface area (Å²) in [4.78, 5) is 10.7. The number of nitrogens with two attached hydrogens (primary N) is 1. The topological polar surface area (TPSA) is 63.3 Å². The van der Waals surface area contributed by atoms with Gasteiger partial charge in [0.15, 0.2) is 0 Å². The average Bonchev–Trinajstić information content (AvgIpc) is 2.12. The Labute approximate surface area is 83.6 Å². The van der Waals surface area contributed by atoms with Gasteiger partial charge in [0.2, 0.25) is 0 Å². The predicted molar refractivity (Wildman–Crippen MR) is 55.2 cm³/mol. The minimum atomic E-state index is -0.993. The lowest BCUT2D eigenvalue weighted by Crippen LogP contribution is -2.20. The molecular weight excluding hydrogens is 178 g/mol. The molecule has 0 radical (unpaired) electrons. The minimum Gasteiger partial charge on any atom is -0.480 e. The Kier molecular flexibility index (Phi) is 2.91. The number of carboxylic acid groups (broad SMARTS) is 1. The molecule has 0 aliphatic heterocycles. The summed E-state index contributed by atoms with van der Waals surface area (Å²) in [5.41, 5.74) is 9.54. The van der Waals surface area contributed by atoms with E-state index in [4.69, 9.17) is 10.8 Å². The number of carbonyl (C=O) groups is 1. The van der Waals surface area contributed by atoms with Crippen LogP contribution in [0.5, 0.6) is 0 Å². The lowest BCUT2D eigenvalue weighted by molar-refractivity contribution is -0.138. The number of carboxylic acids is 1. The molecule has 0 aromatic heterocycles. The predicted octanol–water partition coefficient (Wildman–Crippen LogP) is 1.70. The molecule has 0 bridgehead atoms. The van der Waals surface area contributed by atoms with Gasteiger partial charge in [0.1, 0.15) is 6.04 Å². The molecule has 3 heteroatoms. The van der Waals surface area contributed by atoms with Gasteiger partial charge in [-0.2, -0.15) is 0 Å². The molecule has 0 aliphatic rings. The number of hydrogen-bond donors (Lipinski definition) is 2. The van der Waals surface area contributed by atoms with Crippen LogP contribution in [-0.4, -0.2) is 11.1 Å². The third kappa shape index (κ3) is 1.93. The fraction of sp³-hybridized carbons (Fsp3) is 0.364. The van der Waals surface area contributed by atoms with Crippen molar-refractivity contribution in [1.29, 1.82) is 0 Å². The molecule has 0 saturated heterocycles. The van der Waals surface area contributed by atoms with E-state index in [1.54, 1.807) is 0 Å². The van der Waals surface area contributed by atoms with Crippen LogP contribution in [0.1, 0.15) is 28.3 Å². The van der Waals surface area contributed by atoms with Crippen LogP contribution in [0, 0.1) is 20.8 Å². The summed E-state index contributed by atoms with van der Waals surface area (Å²) in [5, 5.41) is 8.76. The van der Waals surface area contributed by atoms with Crippen molar-refractivity contribution in [2.75, 3.05) is 0 Å². The van der Waals surface area contributed by atoms with Gasteiger partial charge in [-0.3, -0.25) is 4.79 Å². The highest BCUT2D eigenvalue weighted by molar-refractivity contribution is 5.75. The van der Waals surface area contributed by atoms with Gasteiger partial charge in [0.05, 0.1) is 0 Å². The molecule has 14 heavy (non-hydrogen) atoms. The van der Waals surface area contributed by atoms with Crippen molar-refractivity contribution in [3.05, 3.63) is 34.4 Å². The second-order valence-electron chi connectivity index (χ2n) is 3.60. The van der Waals surface area contributed by atoms with Crippen LogP contribution >= 0.6 is 0 Å². The van der Waals surface area contributed by atoms with Gasteiger partial charge in [-0.15, -0.1) is 0 Å². The minimum absolute atomic E-state index is 0.665. The Bertz CT molecular complexity index is 349. The molecule has 0 saturated carbocycles. The summed E-state index contributed by atoms with van der Waals surface area (Å²) >= 11 is 0. The first-order chi connectivity index (χ1) is 6.43. The lowest BCUT2D eigenvalue weighted by Gasteiger charge is -2.11. The van der Waals surface area contributed by atoms with Crippen LogP contribution in [0.25, 0.3) is 0 Å². The normalized spacial score (nSPS) is 12.6. The summed E-state index contributed by atoms with van der Waals surface area (Å²) < 4.78 is 0. The molecule has 76 valence electrons. The van der Waals surface area contributed by atoms with Crippen LogP contribution in [0.4, 0.5) is 0 Å². The molecule has 0 amide bonds. The van der Waals surface area contributed by atoms with Crippen LogP contribution in [0.3, 0.4) is 0 Å². The first kappa shape index (κ1) is 10.7. The molecule has 1 rings (SSSR count). The van der Waals surface area contributed by atoms with Crippen LogP contribution in [0.15, 0.2) is 12.1 Å². The van der Waals surface area contributed by atoms with Crippen molar-refractivity contribution in [2.45, 2.75) is 26.8 Å². The van der Waals surface area contributed by atoms with E-state index in [2.05, 4.69) is 0 Å². The third-order valence-corrected chi connectivity index (χ3v) is 2.57. The first-order valence-electron chi connectivity index (χ1n) is 4.49. The van der Waals surface area contributed by atoms with E-state index in [0.29, 0.717) is 5.56 Å². The Hall–Kier alpha value is -1.35. The van der Waals surface area contributed by atoms with Gasteiger partial charge in [-0.1, -0.05) is 12.1 Å². The maximum atomic E-state index is 10.7. The largest absolute Gasteiger partial charge is 0.480 e. The smallest absolute Gasteiger partial charge is 0.325 e. The Balaban J connectivity index is 3.19. The highest BCUT2D eigenvalue weighted by atomic mass is 16.4. The van der Waals surface area contributed by atoms with Crippen LogP contribution in [0.2, 0.25) is 0 Å². The summed E-state index contributed by atoms with van der Waals surface area (Å²) in [6, 6.07) is 2.75.